The van der Waals surface area contributed by atoms with Crippen LogP contribution in [-0.4, -0.2) is 13.6 Å². The van der Waals surface area contributed by atoms with Crippen LogP contribution >= 0.6 is 12.6 Å². The standard InChI is InChI=1S/C9H14N2S/c1-11-5-4-7-2-3-8(10)9(12)6-7/h2-3,6,11-12H,4-5,10H2,1H3. The van der Waals surface area contributed by atoms with Crippen molar-refractivity contribution in [3.05, 3.63) is 23.8 Å². The summed E-state index contributed by atoms with van der Waals surface area (Å²) in [5, 5.41) is 3.09. The van der Waals surface area contributed by atoms with E-state index >= 15 is 0 Å². The molecular formula is C9H14N2S. The summed E-state index contributed by atoms with van der Waals surface area (Å²) in [6, 6.07) is 5.94. The van der Waals surface area contributed by atoms with Crippen molar-refractivity contribution in [2.24, 2.45) is 0 Å². The minimum absolute atomic E-state index is 0.742. The third-order valence-corrected chi connectivity index (χ3v) is 2.15. The highest BCUT2D eigenvalue weighted by Crippen LogP contribution is 2.17. The molecule has 1 aromatic carbocycles. The maximum atomic E-state index is 5.63. The normalized spacial score (nSPS) is 10.2. The van der Waals surface area contributed by atoms with Crippen molar-refractivity contribution >= 4 is 18.3 Å². The van der Waals surface area contributed by atoms with E-state index in [4.69, 9.17) is 5.73 Å². The quantitative estimate of drug-likeness (QED) is 0.487. The van der Waals surface area contributed by atoms with Crippen LogP contribution in [0.3, 0.4) is 0 Å². The van der Waals surface area contributed by atoms with Gasteiger partial charge in [0.25, 0.3) is 0 Å². The molecule has 0 heterocycles. The molecule has 3 heteroatoms. The van der Waals surface area contributed by atoms with Crippen molar-refractivity contribution in [3.63, 3.8) is 0 Å². The Balaban J connectivity index is 2.69. The van der Waals surface area contributed by atoms with Crippen LogP contribution in [0.2, 0.25) is 0 Å². The first-order valence-corrected chi connectivity index (χ1v) is 4.40. The van der Waals surface area contributed by atoms with Crippen LogP contribution in [-0.2, 0) is 6.42 Å². The lowest BCUT2D eigenvalue weighted by Crippen LogP contribution is -2.10. The first-order chi connectivity index (χ1) is 5.74. The fraction of sp³-hybridized carbons (Fsp3) is 0.333. The second kappa shape index (κ2) is 4.38. The predicted molar refractivity (Wildman–Crippen MR) is 55.7 cm³/mol. The van der Waals surface area contributed by atoms with Crippen LogP contribution in [0.4, 0.5) is 5.69 Å². The molecule has 0 aliphatic heterocycles. The van der Waals surface area contributed by atoms with Crippen molar-refractivity contribution in [2.45, 2.75) is 11.3 Å². The lowest BCUT2D eigenvalue weighted by molar-refractivity contribution is 0.791. The summed E-state index contributed by atoms with van der Waals surface area (Å²) < 4.78 is 0. The van der Waals surface area contributed by atoms with E-state index in [2.05, 4.69) is 17.9 Å². The Labute approximate surface area is 78.6 Å². The van der Waals surface area contributed by atoms with Crippen molar-refractivity contribution in [1.29, 1.82) is 0 Å². The SMILES string of the molecule is CNCCc1ccc(N)c(S)c1. The second-order valence-corrected chi connectivity index (χ2v) is 3.23. The van der Waals surface area contributed by atoms with Crippen LogP contribution in [0.1, 0.15) is 5.56 Å². The third kappa shape index (κ3) is 2.43. The highest BCUT2D eigenvalue weighted by molar-refractivity contribution is 7.80. The molecule has 0 amide bonds. The second-order valence-electron chi connectivity index (χ2n) is 2.75. The first-order valence-electron chi connectivity index (χ1n) is 3.96. The van der Waals surface area contributed by atoms with E-state index in [9.17, 15) is 0 Å². The molecule has 0 atom stereocenters. The molecule has 0 fully saturated rings. The van der Waals surface area contributed by atoms with Gasteiger partial charge in [-0.05, 0) is 37.7 Å². The zero-order valence-corrected chi connectivity index (χ0v) is 8.07. The maximum Gasteiger partial charge on any atom is 0.0449 e. The molecule has 0 unspecified atom stereocenters. The van der Waals surface area contributed by atoms with E-state index in [-0.39, 0.29) is 0 Å². The van der Waals surface area contributed by atoms with Crippen molar-refractivity contribution in [3.8, 4) is 0 Å². The van der Waals surface area contributed by atoms with Gasteiger partial charge in [0, 0.05) is 10.6 Å². The Morgan fingerprint density at radius 2 is 2.25 bits per heavy atom. The Kier molecular flexibility index (Phi) is 3.44. The number of anilines is 1. The Morgan fingerprint density at radius 1 is 1.50 bits per heavy atom. The summed E-state index contributed by atoms with van der Waals surface area (Å²) in [5.74, 6) is 0. The predicted octanol–water partition coefficient (Wildman–Crippen LogP) is 1.32. The summed E-state index contributed by atoms with van der Waals surface area (Å²) in [6.45, 7) is 0.983. The number of nitrogen functional groups attached to an aromatic ring is 1. The average molecular weight is 182 g/mol. The largest absolute Gasteiger partial charge is 0.398 e. The molecule has 0 aliphatic rings. The molecule has 2 nitrogen and oxygen atoms in total. The van der Waals surface area contributed by atoms with E-state index in [0.29, 0.717) is 0 Å². The summed E-state index contributed by atoms with van der Waals surface area (Å²) in [5.41, 5.74) is 7.63. The van der Waals surface area contributed by atoms with Crippen molar-refractivity contribution < 1.29 is 0 Å². The lowest BCUT2D eigenvalue weighted by Gasteiger charge is -2.03. The van der Waals surface area contributed by atoms with E-state index in [0.717, 1.165) is 23.5 Å². The summed E-state index contributed by atoms with van der Waals surface area (Å²) in [7, 11) is 1.94. The number of likely N-dealkylation sites (N-methyl/N-ethyl adjacent to an activating group) is 1. The molecule has 66 valence electrons. The van der Waals surface area contributed by atoms with Gasteiger partial charge in [-0.15, -0.1) is 12.6 Å². The number of rotatable bonds is 3. The molecule has 0 aliphatic carbocycles. The van der Waals surface area contributed by atoms with Gasteiger partial charge in [0.05, 0.1) is 0 Å². The topological polar surface area (TPSA) is 38.0 Å². The van der Waals surface area contributed by atoms with Crippen LogP contribution < -0.4 is 11.1 Å². The number of benzene rings is 1. The average Bonchev–Trinajstić information content (AvgIpc) is 2.07. The molecule has 0 spiro atoms. The smallest absolute Gasteiger partial charge is 0.0449 e. The molecule has 1 rings (SSSR count). The van der Waals surface area contributed by atoms with E-state index in [1.807, 2.05) is 25.2 Å². The van der Waals surface area contributed by atoms with Crippen molar-refractivity contribution in [2.75, 3.05) is 19.3 Å². The number of nitrogens with one attached hydrogen (secondary N) is 1. The third-order valence-electron chi connectivity index (χ3n) is 1.76. The van der Waals surface area contributed by atoms with E-state index in [1.54, 1.807) is 0 Å². The number of nitrogens with two attached hydrogens (primary N) is 1. The molecule has 0 saturated heterocycles. The van der Waals surface area contributed by atoms with Gasteiger partial charge in [0.15, 0.2) is 0 Å². The summed E-state index contributed by atoms with van der Waals surface area (Å²) in [6.07, 6.45) is 1.02. The fourth-order valence-corrected chi connectivity index (χ4v) is 1.25. The molecule has 1 aromatic rings. The molecular weight excluding hydrogens is 168 g/mol. The van der Waals surface area contributed by atoms with Crippen LogP contribution in [0, 0.1) is 0 Å². The van der Waals surface area contributed by atoms with Gasteiger partial charge in [-0.3, -0.25) is 0 Å². The van der Waals surface area contributed by atoms with Gasteiger partial charge in [0.2, 0.25) is 0 Å². The Morgan fingerprint density at radius 3 is 2.83 bits per heavy atom. The first kappa shape index (κ1) is 9.42. The number of hydrogen-bond acceptors (Lipinski definition) is 3. The lowest BCUT2D eigenvalue weighted by atomic mass is 10.1. The van der Waals surface area contributed by atoms with Gasteiger partial charge in [-0.25, -0.2) is 0 Å². The highest BCUT2D eigenvalue weighted by Gasteiger charge is 1.96. The zero-order valence-electron chi connectivity index (χ0n) is 7.17. The number of thiol groups is 1. The zero-order chi connectivity index (χ0) is 8.97. The van der Waals surface area contributed by atoms with Gasteiger partial charge < -0.3 is 11.1 Å². The fourth-order valence-electron chi connectivity index (χ4n) is 1.01. The molecule has 12 heavy (non-hydrogen) atoms. The van der Waals surface area contributed by atoms with E-state index < -0.39 is 0 Å². The van der Waals surface area contributed by atoms with Gasteiger partial charge in [-0.1, -0.05) is 6.07 Å². The van der Waals surface area contributed by atoms with Crippen LogP contribution in [0.15, 0.2) is 23.1 Å². The molecule has 0 saturated carbocycles. The molecule has 0 radical (unpaired) electrons. The summed E-state index contributed by atoms with van der Waals surface area (Å²) in [4.78, 5) is 0.864. The van der Waals surface area contributed by atoms with Crippen LogP contribution in [0.25, 0.3) is 0 Å². The summed E-state index contributed by atoms with van der Waals surface area (Å²) >= 11 is 4.24. The minimum Gasteiger partial charge on any atom is -0.398 e. The molecule has 0 bridgehead atoms. The van der Waals surface area contributed by atoms with Gasteiger partial charge >= 0.3 is 0 Å². The van der Waals surface area contributed by atoms with Gasteiger partial charge in [-0.2, -0.15) is 0 Å². The van der Waals surface area contributed by atoms with E-state index in [1.165, 1.54) is 5.56 Å². The Bertz CT molecular complexity index is 261. The molecule has 3 N–H and O–H groups in total. The minimum atomic E-state index is 0.742. The monoisotopic (exact) mass is 182 g/mol. The van der Waals surface area contributed by atoms with Crippen LogP contribution in [0.5, 0.6) is 0 Å². The highest BCUT2D eigenvalue weighted by atomic mass is 32.1. The maximum absolute atomic E-state index is 5.63. The van der Waals surface area contributed by atoms with Crippen molar-refractivity contribution in [1.82, 2.24) is 5.32 Å². The molecule has 0 aromatic heterocycles. The number of hydrogen-bond donors (Lipinski definition) is 3. The Hall–Kier alpha value is -0.670. The van der Waals surface area contributed by atoms with Gasteiger partial charge in [0.1, 0.15) is 0 Å².